The summed E-state index contributed by atoms with van der Waals surface area (Å²) >= 11 is 1.26. The summed E-state index contributed by atoms with van der Waals surface area (Å²) in [5.74, 6) is -0.713. The van der Waals surface area contributed by atoms with Crippen LogP contribution in [0, 0.1) is 0 Å². The Morgan fingerprint density at radius 1 is 1.25 bits per heavy atom. The van der Waals surface area contributed by atoms with Crippen molar-refractivity contribution in [2.45, 2.75) is 39.1 Å². The summed E-state index contributed by atoms with van der Waals surface area (Å²) < 4.78 is 41.1. The van der Waals surface area contributed by atoms with E-state index in [2.05, 4.69) is 15.0 Å². The van der Waals surface area contributed by atoms with Crippen LogP contribution in [0.1, 0.15) is 41.0 Å². The lowest BCUT2D eigenvalue weighted by atomic mass is 9.98. The van der Waals surface area contributed by atoms with Crippen LogP contribution in [0.25, 0.3) is 0 Å². The first-order valence-electron chi connectivity index (χ1n) is 7.14. The molecule has 0 saturated carbocycles. The Hall–Kier alpha value is -2.09. The van der Waals surface area contributed by atoms with Crippen LogP contribution in [0.5, 0.6) is 5.75 Å². The molecule has 0 aliphatic rings. The van der Waals surface area contributed by atoms with E-state index < -0.39 is 6.36 Å². The number of amides is 1. The second-order valence-electron chi connectivity index (χ2n) is 6.12. The Morgan fingerprint density at radius 3 is 2.50 bits per heavy atom. The van der Waals surface area contributed by atoms with Crippen molar-refractivity contribution < 1.29 is 22.7 Å². The highest BCUT2D eigenvalue weighted by atomic mass is 32.1. The lowest BCUT2D eigenvalue weighted by Gasteiger charge is -2.14. The third-order valence-corrected chi connectivity index (χ3v) is 4.43. The van der Waals surface area contributed by atoms with Gasteiger partial charge in [0.2, 0.25) is 0 Å². The maximum atomic E-state index is 12.4. The quantitative estimate of drug-likeness (QED) is 0.888. The van der Waals surface area contributed by atoms with Gasteiger partial charge in [-0.05, 0) is 6.07 Å². The summed E-state index contributed by atoms with van der Waals surface area (Å²) in [6, 6.07) is 5.69. The summed E-state index contributed by atoms with van der Waals surface area (Å²) in [6.07, 6.45) is -3.31. The fraction of sp³-hybridized carbons (Fsp3) is 0.375. The summed E-state index contributed by atoms with van der Waals surface area (Å²) in [7, 11) is 0. The van der Waals surface area contributed by atoms with Crippen LogP contribution in [0.15, 0.2) is 30.5 Å². The number of hydrogen-bond donors (Lipinski definition) is 1. The van der Waals surface area contributed by atoms with Gasteiger partial charge in [0, 0.05) is 17.5 Å². The number of rotatable bonds is 4. The minimum absolute atomic E-state index is 0.0756. The first-order valence-corrected chi connectivity index (χ1v) is 7.96. The fourth-order valence-electron chi connectivity index (χ4n) is 1.86. The van der Waals surface area contributed by atoms with Gasteiger partial charge in [0.1, 0.15) is 10.6 Å². The van der Waals surface area contributed by atoms with Gasteiger partial charge in [0.05, 0.1) is 11.2 Å². The van der Waals surface area contributed by atoms with E-state index in [0.29, 0.717) is 4.88 Å². The highest BCUT2D eigenvalue weighted by Crippen LogP contribution is 2.28. The van der Waals surface area contributed by atoms with E-state index in [1.54, 1.807) is 6.07 Å². The zero-order valence-corrected chi connectivity index (χ0v) is 14.2. The molecular weight excluding hydrogens is 341 g/mol. The molecule has 1 amide bonds. The molecule has 1 heterocycles. The number of benzene rings is 1. The molecule has 1 N–H and O–H groups in total. The average Bonchev–Trinajstić information content (AvgIpc) is 2.94. The monoisotopic (exact) mass is 358 g/mol. The van der Waals surface area contributed by atoms with Crippen LogP contribution in [0.2, 0.25) is 0 Å². The van der Waals surface area contributed by atoms with E-state index in [4.69, 9.17) is 0 Å². The molecule has 1 aromatic carbocycles. The molecule has 0 aliphatic carbocycles. The van der Waals surface area contributed by atoms with Gasteiger partial charge in [-0.15, -0.1) is 24.5 Å². The van der Waals surface area contributed by atoms with Crippen LogP contribution in [0.3, 0.4) is 0 Å². The lowest BCUT2D eigenvalue weighted by molar-refractivity contribution is -0.274. The second-order valence-corrected chi connectivity index (χ2v) is 7.15. The number of halogens is 3. The third-order valence-electron chi connectivity index (χ3n) is 3.01. The first kappa shape index (κ1) is 18.3. The van der Waals surface area contributed by atoms with Crippen molar-refractivity contribution in [2.75, 3.05) is 0 Å². The standard InChI is InChI=1S/C16H17F3N2O2S/c1-15(2,3)14-21-9-12(24-14)13(22)20-8-10-6-4-5-7-11(10)23-16(17,18)19/h4-7,9H,8H2,1-3H3,(H,20,22). The van der Waals surface area contributed by atoms with E-state index in [9.17, 15) is 18.0 Å². The van der Waals surface area contributed by atoms with Gasteiger partial charge in [-0.2, -0.15) is 0 Å². The topological polar surface area (TPSA) is 51.2 Å². The number of thiazole rings is 1. The molecule has 24 heavy (non-hydrogen) atoms. The molecule has 0 unspecified atom stereocenters. The van der Waals surface area contributed by atoms with Gasteiger partial charge in [-0.25, -0.2) is 4.98 Å². The van der Waals surface area contributed by atoms with Crippen LogP contribution < -0.4 is 10.1 Å². The summed E-state index contributed by atoms with van der Waals surface area (Å²) in [5, 5.41) is 3.40. The Balaban J connectivity index is 2.06. The molecule has 0 fully saturated rings. The molecule has 0 aliphatic heterocycles. The summed E-state index contributed by atoms with van der Waals surface area (Å²) in [6.45, 7) is 5.88. The molecule has 1 aromatic heterocycles. The number of carbonyl (C=O) groups is 1. The molecule has 0 spiro atoms. The number of ether oxygens (including phenoxy) is 1. The van der Waals surface area contributed by atoms with Crippen molar-refractivity contribution in [3.63, 3.8) is 0 Å². The normalized spacial score (nSPS) is 12.1. The number of hydrogen-bond acceptors (Lipinski definition) is 4. The van der Waals surface area contributed by atoms with E-state index in [1.807, 2.05) is 20.8 Å². The van der Waals surface area contributed by atoms with Crippen molar-refractivity contribution in [2.24, 2.45) is 0 Å². The lowest BCUT2D eigenvalue weighted by Crippen LogP contribution is -2.23. The maximum absolute atomic E-state index is 12.4. The zero-order chi connectivity index (χ0) is 18.0. The van der Waals surface area contributed by atoms with Gasteiger partial charge in [-0.3, -0.25) is 4.79 Å². The van der Waals surface area contributed by atoms with Gasteiger partial charge in [0.25, 0.3) is 5.91 Å². The van der Waals surface area contributed by atoms with Crippen molar-refractivity contribution >= 4 is 17.2 Å². The Bertz CT molecular complexity index is 721. The van der Waals surface area contributed by atoms with Crippen LogP contribution in [-0.2, 0) is 12.0 Å². The number of nitrogens with one attached hydrogen (secondary N) is 1. The number of aromatic nitrogens is 1. The first-order chi connectivity index (χ1) is 11.1. The Kier molecular flexibility index (Phi) is 5.17. The minimum atomic E-state index is -4.78. The van der Waals surface area contributed by atoms with Crippen molar-refractivity contribution in [3.8, 4) is 5.75 Å². The highest BCUT2D eigenvalue weighted by Gasteiger charge is 2.32. The van der Waals surface area contributed by atoms with E-state index in [0.717, 1.165) is 5.01 Å². The third kappa shape index (κ3) is 4.95. The van der Waals surface area contributed by atoms with Gasteiger partial charge >= 0.3 is 6.36 Å². The molecule has 130 valence electrons. The van der Waals surface area contributed by atoms with Crippen LogP contribution in [0.4, 0.5) is 13.2 Å². The second kappa shape index (κ2) is 6.80. The van der Waals surface area contributed by atoms with E-state index in [1.165, 1.54) is 35.7 Å². The Morgan fingerprint density at radius 2 is 1.92 bits per heavy atom. The van der Waals surface area contributed by atoms with Crippen molar-refractivity contribution in [1.82, 2.24) is 10.3 Å². The summed E-state index contributed by atoms with van der Waals surface area (Å²) in [4.78, 5) is 16.8. The summed E-state index contributed by atoms with van der Waals surface area (Å²) in [5.41, 5.74) is 0.0693. The molecule has 8 heteroatoms. The highest BCUT2D eigenvalue weighted by molar-refractivity contribution is 7.13. The van der Waals surface area contributed by atoms with Crippen LogP contribution in [-0.4, -0.2) is 17.3 Å². The van der Waals surface area contributed by atoms with E-state index >= 15 is 0 Å². The van der Waals surface area contributed by atoms with Crippen molar-refractivity contribution in [3.05, 3.63) is 45.9 Å². The van der Waals surface area contributed by atoms with Gasteiger partial charge < -0.3 is 10.1 Å². The SMILES string of the molecule is CC(C)(C)c1ncc(C(=O)NCc2ccccc2OC(F)(F)F)s1. The molecule has 0 saturated heterocycles. The number of carbonyl (C=O) groups excluding carboxylic acids is 1. The zero-order valence-electron chi connectivity index (χ0n) is 13.4. The Labute approximate surface area is 141 Å². The van der Waals surface area contributed by atoms with E-state index in [-0.39, 0.29) is 29.2 Å². The van der Waals surface area contributed by atoms with Gasteiger partial charge in [-0.1, -0.05) is 39.0 Å². The smallest absolute Gasteiger partial charge is 0.405 e. The van der Waals surface area contributed by atoms with Crippen molar-refractivity contribution in [1.29, 1.82) is 0 Å². The average molecular weight is 358 g/mol. The molecule has 0 atom stereocenters. The molecule has 4 nitrogen and oxygen atoms in total. The predicted molar refractivity (Wildman–Crippen MR) is 85.1 cm³/mol. The number of nitrogens with zero attached hydrogens (tertiary/aromatic N) is 1. The molecule has 2 rings (SSSR count). The maximum Gasteiger partial charge on any atom is 0.573 e. The fourth-order valence-corrected chi connectivity index (χ4v) is 2.75. The van der Waals surface area contributed by atoms with Gasteiger partial charge in [0.15, 0.2) is 0 Å². The van der Waals surface area contributed by atoms with Crippen LogP contribution >= 0.6 is 11.3 Å². The minimum Gasteiger partial charge on any atom is -0.405 e. The number of alkyl halides is 3. The largest absolute Gasteiger partial charge is 0.573 e. The predicted octanol–water partition coefficient (Wildman–Crippen LogP) is 4.27. The molecule has 0 bridgehead atoms. The number of para-hydroxylation sites is 1. The molecule has 2 aromatic rings. The molecule has 0 radical (unpaired) electrons. The molecular formula is C16H17F3N2O2S.